The molecular weight excluding hydrogens is 463 g/mol. The van der Waals surface area contributed by atoms with Crippen molar-refractivity contribution in [3.63, 3.8) is 0 Å². The monoisotopic (exact) mass is 485 g/mol. The molecule has 1 aromatic carbocycles. The van der Waals surface area contributed by atoms with Crippen LogP contribution in [0.3, 0.4) is 0 Å². The van der Waals surface area contributed by atoms with Gasteiger partial charge in [0.1, 0.15) is 11.5 Å². The van der Waals surface area contributed by atoms with Crippen LogP contribution in [0.15, 0.2) is 30.3 Å². The van der Waals surface area contributed by atoms with Crippen LogP contribution in [-0.4, -0.2) is 56.3 Å². The maximum absolute atomic E-state index is 14.0. The predicted molar refractivity (Wildman–Crippen MR) is 119 cm³/mol. The number of aromatic nitrogens is 5. The molecule has 4 rings (SSSR count). The molecule has 7 nitrogen and oxygen atoms in total. The van der Waals surface area contributed by atoms with Crippen molar-refractivity contribution in [2.24, 2.45) is 0 Å². The third-order valence-electron chi connectivity index (χ3n) is 5.44. The Labute approximate surface area is 193 Å². The molecule has 0 aliphatic carbocycles. The largest absolute Gasteiger partial charge is 0.410 e. The van der Waals surface area contributed by atoms with Crippen LogP contribution in [0.1, 0.15) is 30.5 Å². The van der Waals surface area contributed by atoms with Gasteiger partial charge in [-0.1, -0.05) is 23.7 Å². The summed E-state index contributed by atoms with van der Waals surface area (Å²) in [4.78, 5) is 2.05. The lowest BCUT2D eigenvalue weighted by atomic mass is 9.97. The second kappa shape index (κ2) is 8.87. The molecule has 0 unspecified atom stereocenters. The maximum atomic E-state index is 14.0. The Morgan fingerprint density at radius 1 is 1.25 bits per heavy atom. The Morgan fingerprint density at radius 2 is 1.97 bits per heavy atom. The predicted octanol–water partition coefficient (Wildman–Crippen LogP) is 5.07. The van der Waals surface area contributed by atoms with Crippen molar-refractivity contribution in [3.8, 4) is 11.5 Å². The number of hydrogen-bond donors (Lipinski definition) is 2. The Bertz CT molecular complexity index is 1130. The van der Waals surface area contributed by atoms with Crippen LogP contribution in [0.5, 0.6) is 0 Å². The summed E-state index contributed by atoms with van der Waals surface area (Å²) in [6.45, 7) is 1.42. The number of halogens is 4. The lowest BCUT2D eigenvalue weighted by Gasteiger charge is -2.33. The summed E-state index contributed by atoms with van der Waals surface area (Å²) in [5.41, 5.74) is 1.06. The van der Waals surface area contributed by atoms with Crippen molar-refractivity contribution in [1.82, 2.24) is 29.4 Å². The molecule has 2 atom stereocenters. The van der Waals surface area contributed by atoms with Gasteiger partial charge in [0, 0.05) is 24.1 Å². The third kappa shape index (κ3) is 4.69. The minimum absolute atomic E-state index is 0.186. The Morgan fingerprint density at radius 3 is 2.62 bits per heavy atom. The number of H-pyrrole nitrogens is 1. The molecule has 1 aliphatic heterocycles. The zero-order chi connectivity index (χ0) is 23.0. The fourth-order valence-electron chi connectivity index (χ4n) is 3.86. The number of alkyl halides is 3. The summed E-state index contributed by atoms with van der Waals surface area (Å²) in [5, 5.41) is 15.0. The number of nitrogens with zero attached hydrogens (tertiary/aromatic N) is 5. The minimum atomic E-state index is -4.46. The Kier molecular flexibility index (Phi) is 6.33. The van der Waals surface area contributed by atoms with Crippen LogP contribution in [-0.2, 0) is 6.54 Å². The first-order valence-electron chi connectivity index (χ1n) is 10.1. The minimum Gasteiger partial charge on any atom is -0.363 e. The first-order valence-corrected chi connectivity index (χ1v) is 10.9. The van der Waals surface area contributed by atoms with Gasteiger partial charge < -0.3 is 10.2 Å². The molecule has 0 bridgehead atoms. The van der Waals surface area contributed by atoms with E-state index in [2.05, 4.69) is 20.6 Å². The number of rotatable bonds is 6. The normalized spacial score (nSPS) is 18.6. The average molecular weight is 486 g/mol. The van der Waals surface area contributed by atoms with Crippen molar-refractivity contribution in [2.75, 3.05) is 26.0 Å². The first kappa shape index (κ1) is 22.8. The molecule has 0 saturated carbocycles. The van der Waals surface area contributed by atoms with Gasteiger partial charge in [-0.15, -0.1) is 0 Å². The number of anilines is 1. The molecule has 0 saturated heterocycles. The average Bonchev–Trinajstić information content (AvgIpc) is 3.30. The summed E-state index contributed by atoms with van der Waals surface area (Å²) in [7, 11) is 3.94. The molecule has 0 fully saturated rings. The van der Waals surface area contributed by atoms with E-state index in [0.29, 0.717) is 27.9 Å². The smallest absolute Gasteiger partial charge is 0.363 e. The van der Waals surface area contributed by atoms with E-state index in [1.807, 2.05) is 19.0 Å². The topological polar surface area (TPSA) is 66.7 Å². The second-order valence-corrected chi connectivity index (χ2v) is 8.88. The Balaban J connectivity index is 1.69. The highest BCUT2D eigenvalue weighted by Crippen LogP contribution is 2.44. The van der Waals surface area contributed by atoms with Crippen molar-refractivity contribution in [1.29, 1.82) is 0 Å². The maximum Gasteiger partial charge on any atom is 0.410 e. The van der Waals surface area contributed by atoms with Crippen LogP contribution < -0.4 is 5.32 Å². The van der Waals surface area contributed by atoms with E-state index in [-0.39, 0.29) is 12.2 Å². The third-order valence-corrected chi connectivity index (χ3v) is 6.00. The van der Waals surface area contributed by atoms with Crippen LogP contribution in [0, 0.1) is 4.77 Å². The lowest BCUT2D eigenvalue weighted by Crippen LogP contribution is -2.35. The standard InChI is InChI=1S/C20H23ClF3N7S/c1-29(2)8-3-9-30-18(26-27-19(30)32)15-11-17-25-14(12-4-6-13(21)7-5-12)10-16(20(22,23)24)31(17)28-15/h4-7,11,14,16,25H,3,8-10H2,1-2H3,(H,27,32)/t14-,16-/m1/s1. The van der Waals surface area contributed by atoms with Crippen molar-refractivity contribution >= 4 is 29.6 Å². The van der Waals surface area contributed by atoms with E-state index >= 15 is 0 Å². The molecule has 172 valence electrons. The van der Waals surface area contributed by atoms with Crippen molar-refractivity contribution < 1.29 is 13.2 Å². The van der Waals surface area contributed by atoms with E-state index in [1.165, 1.54) is 0 Å². The molecule has 3 aromatic rings. The number of fused-ring (bicyclic) bond motifs is 1. The van der Waals surface area contributed by atoms with Gasteiger partial charge in [-0.25, -0.2) is 4.68 Å². The van der Waals surface area contributed by atoms with E-state index in [9.17, 15) is 13.2 Å². The van der Waals surface area contributed by atoms with E-state index in [0.717, 1.165) is 23.2 Å². The first-order chi connectivity index (χ1) is 15.1. The van der Waals surface area contributed by atoms with Crippen molar-refractivity contribution in [2.45, 2.75) is 37.6 Å². The highest BCUT2D eigenvalue weighted by Gasteiger charge is 2.46. The molecule has 0 radical (unpaired) electrons. The van der Waals surface area contributed by atoms with E-state index in [1.54, 1.807) is 34.9 Å². The molecule has 0 spiro atoms. The SMILES string of the molecule is CN(C)CCCn1c(-c2cc3n(n2)[C@@H](C(F)(F)F)C[C@H](c2ccc(Cl)cc2)N3)n[nH]c1=S. The molecular formula is C20H23ClF3N7S. The highest BCUT2D eigenvalue weighted by molar-refractivity contribution is 7.71. The molecule has 2 N–H and O–H groups in total. The number of benzene rings is 1. The summed E-state index contributed by atoms with van der Waals surface area (Å²) < 4.78 is 45.0. The molecule has 32 heavy (non-hydrogen) atoms. The quantitative estimate of drug-likeness (QED) is 0.477. The van der Waals surface area contributed by atoms with Gasteiger partial charge in [0.2, 0.25) is 0 Å². The van der Waals surface area contributed by atoms with E-state index < -0.39 is 18.3 Å². The molecule has 3 heterocycles. The fraction of sp³-hybridized carbons (Fsp3) is 0.450. The zero-order valence-electron chi connectivity index (χ0n) is 17.5. The van der Waals surface area contributed by atoms with Gasteiger partial charge >= 0.3 is 6.18 Å². The zero-order valence-corrected chi connectivity index (χ0v) is 19.1. The molecule has 2 aromatic heterocycles. The van der Waals surface area contributed by atoms with Crippen LogP contribution in [0.4, 0.5) is 19.0 Å². The van der Waals surface area contributed by atoms with Crippen LogP contribution in [0.2, 0.25) is 5.02 Å². The summed E-state index contributed by atoms with van der Waals surface area (Å²) in [6, 6.07) is 6.10. The Hall–Kier alpha value is -2.37. The molecule has 0 amide bonds. The highest BCUT2D eigenvalue weighted by atomic mass is 35.5. The van der Waals surface area contributed by atoms with Gasteiger partial charge in [-0.3, -0.25) is 9.67 Å². The summed E-state index contributed by atoms with van der Waals surface area (Å²) in [6.07, 6.45) is -3.83. The second-order valence-electron chi connectivity index (χ2n) is 8.06. The fourth-order valence-corrected chi connectivity index (χ4v) is 4.21. The summed E-state index contributed by atoms with van der Waals surface area (Å²) in [5.74, 6) is 0.698. The van der Waals surface area contributed by atoms with E-state index in [4.69, 9.17) is 23.8 Å². The number of aromatic amines is 1. The van der Waals surface area contributed by atoms with Gasteiger partial charge in [0.15, 0.2) is 16.6 Å². The van der Waals surface area contributed by atoms with Gasteiger partial charge in [-0.2, -0.15) is 23.4 Å². The number of hydrogen-bond acceptors (Lipinski definition) is 5. The van der Waals surface area contributed by atoms with Gasteiger partial charge in [0.05, 0.1) is 6.04 Å². The van der Waals surface area contributed by atoms with Gasteiger partial charge in [0.25, 0.3) is 0 Å². The summed E-state index contributed by atoms with van der Waals surface area (Å²) >= 11 is 11.3. The van der Waals surface area contributed by atoms with Gasteiger partial charge in [-0.05, 0) is 57.0 Å². The molecule has 12 heteroatoms. The van der Waals surface area contributed by atoms with Crippen LogP contribution in [0.25, 0.3) is 11.5 Å². The van der Waals surface area contributed by atoms with Crippen LogP contribution >= 0.6 is 23.8 Å². The molecule has 1 aliphatic rings. The lowest BCUT2D eigenvalue weighted by molar-refractivity contribution is -0.173. The van der Waals surface area contributed by atoms with Crippen molar-refractivity contribution in [3.05, 3.63) is 45.7 Å². The number of nitrogens with one attached hydrogen (secondary N) is 2.